The maximum absolute atomic E-state index is 14.7. The maximum Gasteiger partial charge on any atom is 0.293 e. The van der Waals surface area contributed by atoms with Gasteiger partial charge in [-0.15, -0.1) is 5.10 Å². The fourth-order valence-corrected chi connectivity index (χ4v) is 3.45. The number of nitrogens with zero attached hydrogens (tertiary/aromatic N) is 3. The molecule has 0 saturated heterocycles. The number of alkyl halides is 2. The van der Waals surface area contributed by atoms with Crippen LogP contribution in [0.25, 0.3) is 0 Å². The molecule has 0 saturated carbocycles. The van der Waals surface area contributed by atoms with E-state index in [1.807, 2.05) is 13.8 Å². The van der Waals surface area contributed by atoms with Crippen molar-refractivity contribution in [3.05, 3.63) is 11.4 Å². The molecule has 1 aliphatic rings. The van der Waals surface area contributed by atoms with Crippen LogP contribution in [0.1, 0.15) is 85.0 Å². The molecule has 0 amide bonds. The van der Waals surface area contributed by atoms with Gasteiger partial charge in [-0.2, -0.15) is 8.78 Å². The second kappa shape index (κ2) is 6.14. The summed E-state index contributed by atoms with van der Waals surface area (Å²) in [7, 11) is 0. The first-order valence-corrected chi connectivity index (χ1v) is 8.88. The number of aromatic nitrogens is 3. The van der Waals surface area contributed by atoms with Crippen molar-refractivity contribution in [3.8, 4) is 0 Å². The third kappa shape index (κ3) is 3.43. The van der Waals surface area contributed by atoms with Gasteiger partial charge in [0.05, 0.1) is 11.2 Å². The minimum Gasteiger partial charge on any atom is -0.243 e. The third-order valence-electron chi connectivity index (χ3n) is 6.10. The molecule has 23 heavy (non-hydrogen) atoms. The predicted molar refractivity (Wildman–Crippen MR) is 88.6 cm³/mol. The van der Waals surface area contributed by atoms with Gasteiger partial charge in [-0.1, -0.05) is 39.3 Å². The molecule has 0 bridgehead atoms. The zero-order chi connectivity index (χ0) is 17.5. The Morgan fingerprint density at radius 2 is 1.78 bits per heavy atom. The Bertz CT molecular complexity index is 533. The Balaban J connectivity index is 2.43. The van der Waals surface area contributed by atoms with E-state index in [4.69, 9.17) is 0 Å². The normalized spacial score (nSPS) is 22.3. The standard InChI is InChI=1S/C18H31F2N3/c1-7-16(3,4)13-9-10-14-15(18(19,20)12-11-13)21-22-23(14)17(5,6)8-2/h13H,7-12H2,1-6H3. The smallest absolute Gasteiger partial charge is 0.243 e. The molecule has 0 fully saturated rings. The summed E-state index contributed by atoms with van der Waals surface area (Å²) in [5.41, 5.74) is 0.350. The fraction of sp³-hybridized carbons (Fsp3) is 0.889. The molecule has 1 heterocycles. The van der Waals surface area contributed by atoms with Crippen LogP contribution in [0.15, 0.2) is 0 Å². The van der Waals surface area contributed by atoms with Crippen molar-refractivity contribution >= 4 is 0 Å². The average molecular weight is 327 g/mol. The van der Waals surface area contributed by atoms with Gasteiger partial charge in [0.1, 0.15) is 0 Å². The summed E-state index contributed by atoms with van der Waals surface area (Å²) in [6.45, 7) is 12.7. The van der Waals surface area contributed by atoms with Crippen molar-refractivity contribution in [2.45, 2.75) is 91.5 Å². The number of rotatable bonds is 4. The van der Waals surface area contributed by atoms with E-state index in [9.17, 15) is 8.78 Å². The molecule has 0 radical (unpaired) electrons. The molecule has 1 aromatic rings. The van der Waals surface area contributed by atoms with Crippen LogP contribution in [0, 0.1) is 11.3 Å². The highest BCUT2D eigenvalue weighted by Gasteiger charge is 2.43. The van der Waals surface area contributed by atoms with Gasteiger partial charge in [0.25, 0.3) is 5.92 Å². The maximum atomic E-state index is 14.7. The van der Waals surface area contributed by atoms with E-state index in [1.165, 1.54) is 0 Å². The first-order valence-electron chi connectivity index (χ1n) is 8.88. The number of halogens is 2. The topological polar surface area (TPSA) is 30.7 Å². The number of fused-ring (bicyclic) bond motifs is 1. The van der Waals surface area contributed by atoms with E-state index in [1.54, 1.807) is 4.68 Å². The van der Waals surface area contributed by atoms with E-state index in [2.05, 4.69) is 38.0 Å². The lowest BCUT2D eigenvalue weighted by atomic mass is 9.71. The van der Waals surface area contributed by atoms with E-state index in [0.29, 0.717) is 24.5 Å². The van der Waals surface area contributed by atoms with Gasteiger partial charge in [0.15, 0.2) is 5.69 Å². The van der Waals surface area contributed by atoms with Crippen LogP contribution in [0.3, 0.4) is 0 Å². The SMILES string of the molecule is CCC(C)(C)C1CCc2c(nnn2C(C)(C)CC)C(F)(F)CC1. The Morgan fingerprint density at radius 3 is 2.35 bits per heavy atom. The Hall–Kier alpha value is -1.00. The third-order valence-corrected chi connectivity index (χ3v) is 6.10. The summed E-state index contributed by atoms with van der Waals surface area (Å²) in [5.74, 6) is -2.57. The molecule has 1 aromatic heterocycles. The largest absolute Gasteiger partial charge is 0.293 e. The van der Waals surface area contributed by atoms with Gasteiger partial charge in [-0.05, 0) is 50.9 Å². The summed E-state index contributed by atoms with van der Waals surface area (Å²) < 4.78 is 31.1. The molecule has 5 heteroatoms. The summed E-state index contributed by atoms with van der Waals surface area (Å²) >= 11 is 0. The van der Waals surface area contributed by atoms with E-state index < -0.39 is 5.92 Å². The highest BCUT2D eigenvalue weighted by Crippen LogP contribution is 2.44. The second-order valence-electron chi connectivity index (χ2n) is 8.28. The lowest BCUT2D eigenvalue weighted by molar-refractivity contribution is -0.0335. The van der Waals surface area contributed by atoms with Crippen LogP contribution in [0.4, 0.5) is 8.78 Å². The molecule has 1 aliphatic carbocycles. The monoisotopic (exact) mass is 327 g/mol. The molecular weight excluding hydrogens is 296 g/mol. The molecule has 1 atom stereocenters. The van der Waals surface area contributed by atoms with Crippen molar-refractivity contribution in [2.24, 2.45) is 11.3 Å². The quantitative estimate of drug-likeness (QED) is 0.752. The zero-order valence-corrected chi connectivity index (χ0v) is 15.4. The van der Waals surface area contributed by atoms with Crippen molar-refractivity contribution in [1.29, 1.82) is 0 Å². The van der Waals surface area contributed by atoms with Crippen LogP contribution in [0.5, 0.6) is 0 Å². The van der Waals surface area contributed by atoms with Crippen molar-refractivity contribution in [1.82, 2.24) is 15.0 Å². The van der Waals surface area contributed by atoms with E-state index in [0.717, 1.165) is 19.3 Å². The van der Waals surface area contributed by atoms with Gasteiger partial charge in [0.2, 0.25) is 0 Å². The molecule has 0 N–H and O–H groups in total. The summed E-state index contributed by atoms with van der Waals surface area (Å²) in [4.78, 5) is 0. The van der Waals surface area contributed by atoms with Crippen molar-refractivity contribution in [2.75, 3.05) is 0 Å². The van der Waals surface area contributed by atoms with Crippen molar-refractivity contribution < 1.29 is 8.78 Å². The summed E-state index contributed by atoms with van der Waals surface area (Å²) in [5, 5.41) is 8.01. The molecule has 0 spiro atoms. The number of hydrogen-bond donors (Lipinski definition) is 0. The second-order valence-corrected chi connectivity index (χ2v) is 8.28. The van der Waals surface area contributed by atoms with E-state index in [-0.39, 0.29) is 23.1 Å². The van der Waals surface area contributed by atoms with Crippen LogP contribution >= 0.6 is 0 Å². The fourth-order valence-electron chi connectivity index (χ4n) is 3.45. The molecule has 0 aromatic carbocycles. The van der Waals surface area contributed by atoms with Crippen LogP contribution in [0.2, 0.25) is 0 Å². The minimum atomic E-state index is -2.88. The van der Waals surface area contributed by atoms with Crippen LogP contribution < -0.4 is 0 Å². The van der Waals surface area contributed by atoms with E-state index >= 15 is 0 Å². The molecular formula is C18H31F2N3. The van der Waals surface area contributed by atoms with Crippen LogP contribution in [-0.4, -0.2) is 15.0 Å². The molecule has 0 aliphatic heterocycles. The molecule has 2 rings (SSSR count). The highest BCUT2D eigenvalue weighted by molar-refractivity contribution is 5.19. The lowest BCUT2D eigenvalue weighted by Gasteiger charge is -2.36. The van der Waals surface area contributed by atoms with Crippen molar-refractivity contribution in [3.63, 3.8) is 0 Å². The Morgan fingerprint density at radius 1 is 1.13 bits per heavy atom. The van der Waals surface area contributed by atoms with Crippen LogP contribution in [-0.2, 0) is 17.9 Å². The zero-order valence-electron chi connectivity index (χ0n) is 15.4. The number of hydrogen-bond acceptors (Lipinski definition) is 2. The van der Waals surface area contributed by atoms with Gasteiger partial charge in [-0.3, -0.25) is 0 Å². The summed E-state index contributed by atoms with van der Waals surface area (Å²) in [6, 6.07) is 0. The molecule has 3 nitrogen and oxygen atoms in total. The van der Waals surface area contributed by atoms with Gasteiger partial charge < -0.3 is 0 Å². The lowest BCUT2D eigenvalue weighted by Crippen LogP contribution is -2.32. The Labute approximate surface area is 138 Å². The van der Waals surface area contributed by atoms with Gasteiger partial charge in [-0.25, -0.2) is 4.68 Å². The highest BCUT2D eigenvalue weighted by atomic mass is 19.3. The average Bonchev–Trinajstić information content (AvgIpc) is 2.90. The summed E-state index contributed by atoms with van der Waals surface area (Å²) in [6.07, 6.45) is 3.83. The Kier molecular flexibility index (Phi) is 4.89. The minimum absolute atomic E-state index is 0.0894. The molecule has 1 unspecified atom stereocenters. The van der Waals surface area contributed by atoms with Gasteiger partial charge >= 0.3 is 0 Å². The predicted octanol–water partition coefficient (Wildman–Crippen LogP) is 5.29. The molecule has 132 valence electrons. The first-order chi connectivity index (χ1) is 10.5. The first kappa shape index (κ1) is 18.3. The van der Waals surface area contributed by atoms with Gasteiger partial charge in [0, 0.05) is 6.42 Å².